The van der Waals surface area contributed by atoms with Crippen molar-refractivity contribution in [3.05, 3.63) is 17.0 Å². The summed E-state index contributed by atoms with van der Waals surface area (Å²) in [7, 11) is 0. The summed E-state index contributed by atoms with van der Waals surface area (Å²) in [6, 6.07) is 2.02. The molecule has 0 spiro atoms. The van der Waals surface area contributed by atoms with E-state index in [1.807, 2.05) is 24.8 Å². The van der Waals surface area contributed by atoms with E-state index in [0.29, 0.717) is 5.28 Å². The van der Waals surface area contributed by atoms with Gasteiger partial charge in [-0.3, -0.25) is 0 Å². The lowest BCUT2D eigenvalue weighted by Crippen LogP contribution is -2.08. The molecule has 0 bridgehead atoms. The first kappa shape index (κ1) is 11.2. The van der Waals surface area contributed by atoms with Crippen LogP contribution in [0.3, 0.4) is 0 Å². The predicted molar refractivity (Wildman–Crippen MR) is 64.5 cm³/mol. The fourth-order valence-corrected chi connectivity index (χ4v) is 3.48. The van der Waals surface area contributed by atoms with Gasteiger partial charge in [0.15, 0.2) is 0 Å². The molecule has 4 heteroatoms. The Balaban J connectivity index is 2.02. The monoisotopic (exact) mass is 242 g/mol. The van der Waals surface area contributed by atoms with Gasteiger partial charge in [0.25, 0.3) is 0 Å². The number of halogens is 1. The molecule has 1 fully saturated rings. The molecule has 1 saturated carbocycles. The van der Waals surface area contributed by atoms with Crippen molar-refractivity contribution in [1.29, 1.82) is 0 Å². The minimum Gasteiger partial charge on any atom is -0.223 e. The molecule has 1 aromatic heterocycles. The van der Waals surface area contributed by atoms with E-state index >= 15 is 0 Å². The molecule has 0 aliphatic heterocycles. The lowest BCUT2D eigenvalue weighted by atomic mass is 10.0. The number of hydrogen-bond donors (Lipinski definition) is 0. The average molecular weight is 243 g/mol. The van der Waals surface area contributed by atoms with E-state index in [1.54, 1.807) is 0 Å². The lowest BCUT2D eigenvalue weighted by Gasteiger charge is -2.20. The molecule has 0 radical (unpaired) electrons. The van der Waals surface area contributed by atoms with Crippen LogP contribution in [0.4, 0.5) is 0 Å². The summed E-state index contributed by atoms with van der Waals surface area (Å²) in [4.78, 5) is 8.31. The second-order valence-corrected chi connectivity index (χ2v) is 5.65. The van der Waals surface area contributed by atoms with Gasteiger partial charge in [-0.25, -0.2) is 9.97 Å². The third-order valence-corrected chi connectivity index (χ3v) is 4.07. The fourth-order valence-electron chi connectivity index (χ4n) is 1.92. The highest BCUT2D eigenvalue weighted by atomic mass is 35.5. The van der Waals surface area contributed by atoms with E-state index in [-0.39, 0.29) is 0 Å². The number of rotatable bonds is 2. The molecular weight excluding hydrogens is 228 g/mol. The predicted octanol–water partition coefficient (Wildman–Crippen LogP) is 3.86. The Bertz CT molecular complexity index is 317. The van der Waals surface area contributed by atoms with Gasteiger partial charge in [-0.1, -0.05) is 19.3 Å². The topological polar surface area (TPSA) is 25.8 Å². The third kappa shape index (κ3) is 3.35. The molecule has 0 amide bonds. The van der Waals surface area contributed by atoms with Gasteiger partial charge >= 0.3 is 0 Å². The molecule has 1 aliphatic carbocycles. The van der Waals surface area contributed by atoms with Crippen molar-refractivity contribution in [2.45, 2.75) is 49.3 Å². The molecule has 2 nitrogen and oxygen atoms in total. The van der Waals surface area contributed by atoms with Crippen LogP contribution in [-0.2, 0) is 0 Å². The van der Waals surface area contributed by atoms with Crippen LogP contribution < -0.4 is 0 Å². The lowest BCUT2D eigenvalue weighted by molar-refractivity contribution is 0.515. The van der Waals surface area contributed by atoms with Gasteiger partial charge in [-0.15, -0.1) is 11.8 Å². The van der Waals surface area contributed by atoms with Crippen molar-refractivity contribution in [1.82, 2.24) is 9.97 Å². The minimum absolute atomic E-state index is 0.369. The smallest absolute Gasteiger partial charge is 0.223 e. The van der Waals surface area contributed by atoms with E-state index < -0.39 is 0 Å². The Morgan fingerprint density at radius 3 is 2.67 bits per heavy atom. The van der Waals surface area contributed by atoms with Gasteiger partial charge in [0.2, 0.25) is 5.28 Å². The van der Waals surface area contributed by atoms with Crippen molar-refractivity contribution in [3.8, 4) is 0 Å². The molecule has 1 aromatic rings. The van der Waals surface area contributed by atoms with Crippen LogP contribution in [0, 0.1) is 6.92 Å². The average Bonchev–Trinajstić information content (AvgIpc) is 2.17. The highest BCUT2D eigenvalue weighted by Crippen LogP contribution is 2.32. The molecule has 0 aromatic carbocycles. The van der Waals surface area contributed by atoms with Gasteiger partial charge in [0.05, 0.1) is 0 Å². The van der Waals surface area contributed by atoms with Crippen molar-refractivity contribution in [3.63, 3.8) is 0 Å². The first-order valence-corrected chi connectivity index (χ1v) is 6.67. The maximum Gasteiger partial charge on any atom is 0.223 e. The van der Waals surface area contributed by atoms with E-state index in [4.69, 9.17) is 11.6 Å². The number of aromatic nitrogens is 2. The third-order valence-electron chi connectivity index (χ3n) is 2.64. The Hall–Kier alpha value is -0.280. The minimum atomic E-state index is 0.369. The van der Waals surface area contributed by atoms with Crippen molar-refractivity contribution < 1.29 is 0 Å². The van der Waals surface area contributed by atoms with Crippen LogP contribution in [0.5, 0.6) is 0 Å². The number of nitrogens with zero attached hydrogens (tertiary/aromatic N) is 2. The Labute approximate surface area is 99.8 Å². The van der Waals surface area contributed by atoms with Crippen LogP contribution >= 0.6 is 23.4 Å². The molecule has 0 N–H and O–H groups in total. The molecule has 0 unspecified atom stereocenters. The Kier molecular flexibility index (Phi) is 3.87. The molecule has 82 valence electrons. The van der Waals surface area contributed by atoms with Crippen LogP contribution in [0.15, 0.2) is 11.1 Å². The second-order valence-electron chi connectivity index (χ2n) is 3.99. The fraction of sp³-hybridized carbons (Fsp3) is 0.636. The largest absolute Gasteiger partial charge is 0.223 e. The van der Waals surface area contributed by atoms with E-state index in [1.165, 1.54) is 32.1 Å². The number of thioether (sulfide) groups is 1. The SMILES string of the molecule is Cc1cc(SC2CCCCC2)nc(Cl)n1. The second kappa shape index (κ2) is 5.17. The van der Waals surface area contributed by atoms with E-state index in [0.717, 1.165) is 16.0 Å². The quantitative estimate of drug-likeness (QED) is 0.582. The summed E-state index contributed by atoms with van der Waals surface area (Å²) in [5, 5.41) is 2.12. The highest BCUT2D eigenvalue weighted by molar-refractivity contribution is 7.99. The van der Waals surface area contributed by atoms with Crippen molar-refractivity contribution in [2.75, 3.05) is 0 Å². The normalized spacial score (nSPS) is 18.0. The summed E-state index contributed by atoms with van der Waals surface area (Å²) in [5.41, 5.74) is 0.952. The Morgan fingerprint density at radius 1 is 1.27 bits per heavy atom. The van der Waals surface area contributed by atoms with E-state index in [9.17, 15) is 0 Å². The van der Waals surface area contributed by atoms with Crippen molar-refractivity contribution >= 4 is 23.4 Å². The molecule has 0 atom stereocenters. The summed E-state index contributed by atoms with van der Waals surface area (Å²) < 4.78 is 0. The number of hydrogen-bond acceptors (Lipinski definition) is 3. The molecular formula is C11H15ClN2S. The summed E-state index contributed by atoms with van der Waals surface area (Å²) in [6.07, 6.45) is 6.72. The van der Waals surface area contributed by atoms with Crippen LogP contribution in [0.1, 0.15) is 37.8 Å². The van der Waals surface area contributed by atoms with Gasteiger partial charge in [-0.2, -0.15) is 0 Å². The van der Waals surface area contributed by atoms with Crippen molar-refractivity contribution in [2.24, 2.45) is 0 Å². The Morgan fingerprint density at radius 2 is 2.00 bits per heavy atom. The molecule has 2 rings (SSSR count). The first-order valence-electron chi connectivity index (χ1n) is 5.42. The van der Waals surface area contributed by atoms with Gasteiger partial charge in [0, 0.05) is 10.9 Å². The molecule has 1 heterocycles. The maximum atomic E-state index is 5.83. The summed E-state index contributed by atoms with van der Waals surface area (Å²) in [5.74, 6) is 0. The van der Waals surface area contributed by atoms with Crippen LogP contribution in [-0.4, -0.2) is 15.2 Å². The van der Waals surface area contributed by atoms with E-state index in [2.05, 4.69) is 9.97 Å². The molecule has 15 heavy (non-hydrogen) atoms. The number of aryl methyl sites for hydroxylation is 1. The van der Waals surface area contributed by atoms with Gasteiger partial charge in [0.1, 0.15) is 5.03 Å². The van der Waals surface area contributed by atoms with Gasteiger partial charge < -0.3 is 0 Å². The summed E-state index contributed by atoms with van der Waals surface area (Å²) >= 11 is 7.69. The van der Waals surface area contributed by atoms with Crippen LogP contribution in [0.2, 0.25) is 5.28 Å². The van der Waals surface area contributed by atoms with Crippen LogP contribution in [0.25, 0.3) is 0 Å². The maximum absolute atomic E-state index is 5.83. The standard InChI is InChI=1S/C11H15ClN2S/c1-8-7-10(14-11(12)13-8)15-9-5-3-2-4-6-9/h7,9H,2-6H2,1H3. The zero-order valence-electron chi connectivity index (χ0n) is 8.87. The first-order chi connectivity index (χ1) is 7.24. The molecule has 0 saturated heterocycles. The van der Waals surface area contributed by atoms with Gasteiger partial charge in [-0.05, 0) is 37.4 Å². The highest BCUT2D eigenvalue weighted by Gasteiger charge is 2.15. The molecule has 1 aliphatic rings. The summed E-state index contributed by atoms with van der Waals surface area (Å²) in [6.45, 7) is 1.96. The zero-order valence-corrected chi connectivity index (χ0v) is 10.4. The zero-order chi connectivity index (χ0) is 10.7.